The highest BCUT2D eigenvalue weighted by atomic mass is 19.1. The summed E-state index contributed by atoms with van der Waals surface area (Å²) in [4.78, 5) is 2.59. The van der Waals surface area contributed by atoms with Gasteiger partial charge in [-0.1, -0.05) is 18.0 Å². The van der Waals surface area contributed by atoms with E-state index in [9.17, 15) is 14.6 Å². The van der Waals surface area contributed by atoms with Crippen LogP contribution in [0, 0.1) is 17.7 Å². The van der Waals surface area contributed by atoms with Crippen LogP contribution in [0.3, 0.4) is 0 Å². The molecule has 36 heavy (non-hydrogen) atoms. The summed E-state index contributed by atoms with van der Waals surface area (Å²) in [5.74, 6) is 2.70. The lowest BCUT2D eigenvalue weighted by molar-refractivity contribution is 0.116. The maximum absolute atomic E-state index is 13.5. The molecule has 0 radical (unpaired) electrons. The summed E-state index contributed by atoms with van der Waals surface area (Å²) < 4.78 is 20.8. The lowest BCUT2D eigenvalue weighted by Gasteiger charge is -2.38. The molecule has 2 bridgehead atoms. The Hall–Kier alpha value is -2.54. The molecule has 1 aromatic carbocycles. The van der Waals surface area contributed by atoms with E-state index in [-0.39, 0.29) is 5.82 Å². The highest BCUT2D eigenvalue weighted by molar-refractivity contribution is 5.79. The van der Waals surface area contributed by atoms with Crippen LogP contribution in [-0.4, -0.2) is 44.5 Å². The fourth-order valence-corrected chi connectivity index (χ4v) is 8.06. The fraction of sp³-hybridized carbons (Fsp3) is 0.621. The number of hydrogen-bond donors (Lipinski definition) is 2. The molecule has 1 saturated heterocycles. The summed E-state index contributed by atoms with van der Waals surface area (Å²) in [5.41, 5.74) is 3.62. The molecule has 4 atom stereocenters. The SMILES string of the molecule is Oc1c2c(c(O)n1C[C@@H]1CCCC[C@H]1CN1CCC(c3noc4cc(F)ccc34)CC1)C1CCC2C1. The van der Waals surface area contributed by atoms with Crippen molar-refractivity contribution in [2.75, 3.05) is 19.6 Å². The normalized spacial score (nSPS) is 28.8. The topological polar surface area (TPSA) is 74.7 Å². The van der Waals surface area contributed by atoms with Crippen LogP contribution in [0.5, 0.6) is 11.8 Å². The Kier molecular flexibility index (Phi) is 5.53. The molecule has 3 fully saturated rings. The van der Waals surface area contributed by atoms with Gasteiger partial charge in [0.05, 0.1) is 5.69 Å². The summed E-state index contributed by atoms with van der Waals surface area (Å²) in [6, 6.07) is 4.70. The van der Waals surface area contributed by atoms with Gasteiger partial charge < -0.3 is 19.6 Å². The predicted molar refractivity (Wildman–Crippen MR) is 135 cm³/mol. The van der Waals surface area contributed by atoms with Gasteiger partial charge in [0, 0.05) is 41.6 Å². The summed E-state index contributed by atoms with van der Waals surface area (Å²) in [7, 11) is 0. The molecular formula is C29H36FN3O3. The summed E-state index contributed by atoms with van der Waals surface area (Å²) in [5, 5.41) is 27.4. The van der Waals surface area contributed by atoms with Gasteiger partial charge >= 0.3 is 0 Å². The smallest absolute Gasteiger partial charge is 0.197 e. The molecule has 1 aliphatic heterocycles. The van der Waals surface area contributed by atoms with E-state index in [1.807, 2.05) is 4.57 Å². The highest BCUT2D eigenvalue weighted by Crippen LogP contribution is 2.60. The van der Waals surface area contributed by atoms with E-state index in [4.69, 9.17) is 4.52 Å². The molecule has 4 aliphatic rings. The van der Waals surface area contributed by atoms with Crippen LogP contribution in [0.4, 0.5) is 4.39 Å². The van der Waals surface area contributed by atoms with Gasteiger partial charge in [0.1, 0.15) is 5.82 Å². The van der Waals surface area contributed by atoms with Gasteiger partial charge in [0.2, 0.25) is 0 Å². The van der Waals surface area contributed by atoms with Crippen LogP contribution in [0.1, 0.15) is 92.4 Å². The van der Waals surface area contributed by atoms with Crippen LogP contribution < -0.4 is 0 Å². The molecule has 2 aromatic heterocycles. The quantitative estimate of drug-likeness (QED) is 0.441. The maximum atomic E-state index is 13.5. The van der Waals surface area contributed by atoms with Crippen molar-refractivity contribution in [2.45, 2.75) is 82.1 Å². The number of hydrogen-bond acceptors (Lipinski definition) is 5. The predicted octanol–water partition coefficient (Wildman–Crippen LogP) is 6.23. The molecule has 0 amide bonds. The molecule has 6 nitrogen and oxygen atoms in total. The van der Waals surface area contributed by atoms with E-state index in [0.29, 0.717) is 46.9 Å². The molecule has 2 unspecified atom stereocenters. The first-order valence-corrected chi connectivity index (χ1v) is 14.0. The Bertz CT molecular complexity index is 1240. The van der Waals surface area contributed by atoms with Crippen molar-refractivity contribution in [1.82, 2.24) is 14.6 Å². The van der Waals surface area contributed by atoms with E-state index in [1.54, 1.807) is 6.07 Å². The fourth-order valence-electron chi connectivity index (χ4n) is 8.06. The average molecular weight is 494 g/mol. The van der Waals surface area contributed by atoms with Gasteiger partial charge in [0.25, 0.3) is 0 Å². The van der Waals surface area contributed by atoms with Gasteiger partial charge in [-0.2, -0.15) is 0 Å². The van der Waals surface area contributed by atoms with Gasteiger partial charge in [-0.25, -0.2) is 4.39 Å². The zero-order valence-corrected chi connectivity index (χ0v) is 20.8. The number of aromatic hydroxyl groups is 2. The Morgan fingerprint density at radius 2 is 1.53 bits per heavy atom. The van der Waals surface area contributed by atoms with E-state index in [1.165, 1.54) is 31.4 Å². The van der Waals surface area contributed by atoms with Crippen molar-refractivity contribution < 1.29 is 19.1 Å². The number of aromatic nitrogens is 2. The average Bonchev–Trinajstić information content (AvgIpc) is 3.66. The van der Waals surface area contributed by atoms with Gasteiger partial charge in [-0.3, -0.25) is 4.57 Å². The number of nitrogens with zero attached hydrogens (tertiary/aromatic N) is 3. The van der Waals surface area contributed by atoms with Crippen molar-refractivity contribution in [3.63, 3.8) is 0 Å². The van der Waals surface area contributed by atoms with Crippen LogP contribution >= 0.6 is 0 Å². The molecule has 192 valence electrons. The third-order valence-electron chi connectivity index (χ3n) is 9.94. The van der Waals surface area contributed by atoms with Crippen LogP contribution in [-0.2, 0) is 6.54 Å². The second kappa shape index (κ2) is 8.79. The van der Waals surface area contributed by atoms with Crippen molar-refractivity contribution in [1.29, 1.82) is 0 Å². The number of rotatable bonds is 5. The first-order chi connectivity index (χ1) is 17.6. The van der Waals surface area contributed by atoms with E-state index in [0.717, 1.165) is 86.9 Å². The van der Waals surface area contributed by atoms with Gasteiger partial charge in [0.15, 0.2) is 17.3 Å². The first kappa shape index (κ1) is 22.6. The minimum atomic E-state index is -0.291. The molecule has 3 aliphatic carbocycles. The van der Waals surface area contributed by atoms with Crippen molar-refractivity contribution >= 4 is 11.0 Å². The Balaban J connectivity index is 1.02. The molecule has 0 spiro atoms. The second-order valence-corrected chi connectivity index (χ2v) is 11.9. The van der Waals surface area contributed by atoms with Crippen LogP contribution in [0.15, 0.2) is 22.7 Å². The van der Waals surface area contributed by atoms with Gasteiger partial charge in [-0.05, 0) is 93.8 Å². The summed E-state index contributed by atoms with van der Waals surface area (Å²) in [6.07, 6.45) is 10.4. The molecule has 7 rings (SSSR count). The maximum Gasteiger partial charge on any atom is 0.197 e. The first-order valence-electron chi connectivity index (χ1n) is 14.0. The summed E-state index contributed by atoms with van der Waals surface area (Å²) >= 11 is 0. The van der Waals surface area contributed by atoms with E-state index in [2.05, 4.69) is 10.1 Å². The minimum Gasteiger partial charge on any atom is -0.494 e. The van der Waals surface area contributed by atoms with Crippen molar-refractivity contribution in [3.8, 4) is 11.8 Å². The molecule has 3 aromatic rings. The monoisotopic (exact) mass is 493 g/mol. The number of likely N-dealkylation sites (tertiary alicyclic amines) is 1. The van der Waals surface area contributed by atoms with E-state index >= 15 is 0 Å². The van der Waals surface area contributed by atoms with Crippen molar-refractivity contribution in [3.05, 3.63) is 40.8 Å². The zero-order valence-electron chi connectivity index (χ0n) is 20.8. The molecule has 3 heterocycles. The van der Waals surface area contributed by atoms with E-state index < -0.39 is 0 Å². The standard InChI is InChI=1S/C29H36FN3O3/c30-22-7-8-23-24(14-22)36-31-27(23)17-9-11-32(12-10-17)15-20-3-1-2-4-21(20)16-33-28(34)25-18-5-6-19(13-18)26(25)29(33)35/h7-8,14,17-21,34-35H,1-6,9-13,15-16H2/t18?,19?,20-,21-/m0/s1. The highest BCUT2D eigenvalue weighted by Gasteiger charge is 2.44. The molecule has 2 saturated carbocycles. The second-order valence-electron chi connectivity index (χ2n) is 11.9. The number of fused-ring (bicyclic) bond motifs is 6. The molecule has 2 N–H and O–H groups in total. The largest absolute Gasteiger partial charge is 0.494 e. The minimum absolute atomic E-state index is 0.291. The zero-order chi connectivity index (χ0) is 24.4. The Labute approximate surface area is 211 Å². The van der Waals surface area contributed by atoms with Crippen molar-refractivity contribution in [2.24, 2.45) is 11.8 Å². The number of piperidine rings is 1. The lowest BCUT2D eigenvalue weighted by atomic mass is 9.78. The Morgan fingerprint density at radius 3 is 2.22 bits per heavy atom. The van der Waals surface area contributed by atoms with Crippen LogP contribution in [0.2, 0.25) is 0 Å². The third kappa shape index (κ3) is 3.65. The Morgan fingerprint density at radius 1 is 0.861 bits per heavy atom. The van der Waals surface area contributed by atoms with Gasteiger partial charge in [-0.15, -0.1) is 0 Å². The lowest BCUT2D eigenvalue weighted by Crippen LogP contribution is -2.40. The van der Waals surface area contributed by atoms with Crippen LogP contribution in [0.25, 0.3) is 11.0 Å². The molecular weight excluding hydrogens is 457 g/mol. The third-order valence-corrected chi connectivity index (χ3v) is 9.94. The molecule has 7 heteroatoms. The number of halogens is 1. The summed E-state index contributed by atoms with van der Waals surface area (Å²) in [6.45, 7) is 3.87. The number of benzene rings is 1.